The normalized spacial score (nSPS) is 14.9. The summed E-state index contributed by atoms with van der Waals surface area (Å²) in [5.41, 5.74) is 1.90. The van der Waals surface area contributed by atoms with Gasteiger partial charge in [-0.1, -0.05) is 18.2 Å². The highest BCUT2D eigenvalue weighted by atomic mass is 32.2. The topological polar surface area (TPSA) is 71.4 Å². The van der Waals surface area contributed by atoms with E-state index in [1.54, 1.807) is 29.2 Å². The molecule has 2 aromatic carbocycles. The van der Waals surface area contributed by atoms with Gasteiger partial charge in [-0.15, -0.1) is 0 Å². The van der Waals surface area contributed by atoms with Gasteiger partial charge in [-0.25, -0.2) is 13.1 Å². The number of aromatic nitrogens is 1. The molecule has 3 aromatic rings. The molecule has 146 valence electrons. The summed E-state index contributed by atoms with van der Waals surface area (Å²) >= 11 is 0. The molecule has 28 heavy (non-hydrogen) atoms. The zero-order valence-electron chi connectivity index (χ0n) is 15.5. The quantitative estimate of drug-likeness (QED) is 0.623. The largest absolute Gasteiger partial charge is 0.347 e. The van der Waals surface area contributed by atoms with Crippen LogP contribution in [0.4, 0.5) is 5.69 Å². The average molecular weight is 398 g/mol. The first-order chi connectivity index (χ1) is 13.5. The fourth-order valence-corrected chi connectivity index (χ4v) is 4.68. The number of fused-ring (bicyclic) bond motifs is 1. The smallest absolute Gasteiger partial charge is 0.240 e. The highest BCUT2D eigenvalue weighted by Crippen LogP contribution is 2.23. The van der Waals surface area contributed by atoms with Gasteiger partial charge >= 0.3 is 0 Å². The molecule has 1 aliphatic heterocycles. The number of carbonyl (C=O) groups is 1. The number of nitrogens with zero attached hydrogens (tertiary/aromatic N) is 2. The summed E-state index contributed by atoms with van der Waals surface area (Å²) in [6.45, 7) is 1.80. The SMILES string of the molecule is O=C1CCCN1c1ccc(S(=O)(=O)NCCCn2ccc3ccccc32)cc1. The Hall–Kier alpha value is -2.64. The molecule has 0 bridgehead atoms. The molecule has 6 nitrogen and oxygen atoms in total. The molecule has 7 heteroatoms. The molecule has 0 spiro atoms. The van der Waals surface area contributed by atoms with E-state index in [1.165, 1.54) is 5.39 Å². The summed E-state index contributed by atoms with van der Waals surface area (Å²) in [6, 6.07) is 16.7. The summed E-state index contributed by atoms with van der Waals surface area (Å²) < 4.78 is 29.8. The van der Waals surface area contributed by atoms with E-state index in [1.807, 2.05) is 18.3 Å². The molecule has 2 heterocycles. The summed E-state index contributed by atoms with van der Waals surface area (Å²) in [5, 5.41) is 1.18. The van der Waals surface area contributed by atoms with Crippen LogP contribution in [0.1, 0.15) is 19.3 Å². The zero-order valence-corrected chi connectivity index (χ0v) is 16.4. The van der Waals surface area contributed by atoms with E-state index < -0.39 is 10.0 Å². The van der Waals surface area contributed by atoms with Crippen molar-refractivity contribution in [1.29, 1.82) is 0 Å². The average Bonchev–Trinajstić information content (AvgIpc) is 3.32. The minimum absolute atomic E-state index is 0.0891. The predicted octanol–water partition coefficient (Wildman–Crippen LogP) is 3.14. The molecule has 0 saturated carbocycles. The van der Waals surface area contributed by atoms with Crippen molar-refractivity contribution in [2.45, 2.75) is 30.7 Å². The second kappa shape index (κ2) is 7.77. The number of rotatable bonds is 7. The maximum atomic E-state index is 12.5. The van der Waals surface area contributed by atoms with Crippen molar-refractivity contribution in [3.63, 3.8) is 0 Å². The van der Waals surface area contributed by atoms with Crippen LogP contribution in [0.25, 0.3) is 10.9 Å². The third kappa shape index (κ3) is 3.81. The minimum Gasteiger partial charge on any atom is -0.347 e. The first-order valence-corrected chi connectivity index (χ1v) is 11.0. The van der Waals surface area contributed by atoms with E-state index in [9.17, 15) is 13.2 Å². The second-order valence-corrected chi connectivity index (χ2v) is 8.73. The van der Waals surface area contributed by atoms with Gasteiger partial charge in [0.25, 0.3) is 0 Å². The van der Waals surface area contributed by atoms with E-state index in [0.29, 0.717) is 25.9 Å². The molecule has 4 rings (SSSR count). The van der Waals surface area contributed by atoms with Crippen LogP contribution in [0.5, 0.6) is 0 Å². The van der Waals surface area contributed by atoms with Crippen molar-refractivity contribution in [2.75, 3.05) is 18.0 Å². The lowest BCUT2D eigenvalue weighted by atomic mass is 10.2. The summed E-state index contributed by atoms with van der Waals surface area (Å²) in [5.74, 6) is 0.0891. The highest BCUT2D eigenvalue weighted by Gasteiger charge is 2.22. The molecule has 1 amide bonds. The fourth-order valence-electron chi connectivity index (χ4n) is 3.60. The van der Waals surface area contributed by atoms with Crippen LogP contribution in [0.3, 0.4) is 0 Å². The first kappa shape index (κ1) is 18.7. The van der Waals surface area contributed by atoms with Gasteiger partial charge in [0.2, 0.25) is 15.9 Å². The Bertz CT molecular complexity index is 1090. The Morgan fingerprint density at radius 2 is 1.79 bits per heavy atom. The van der Waals surface area contributed by atoms with Gasteiger partial charge in [0.05, 0.1) is 4.90 Å². The summed E-state index contributed by atoms with van der Waals surface area (Å²) in [4.78, 5) is 13.7. The monoisotopic (exact) mass is 397 g/mol. The molecular formula is C21H23N3O3S. The number of anilines is 1. The molecule has 0 unspecified atom stereocenters. The van der Waals surface area contributed by atoms with Crippen molar-refractivity contribution >= 4 is 32.5 Å². The first-order valence-electron chi connectivity index (χ1n) is 9.49. The van der Waals surface area contributed by atoms with Gasteiger partial charge in [0, 0.05) is 43.5 Å². The second-order valence-electron chi connectivity index (χ2n) is 6.96. The number of hydrogen-bond acceptors (Lipinski definition) is 3. The molecular weight excluding hydrogens is 374 g/mol. The number of amides is 1. The Kier molecular flexibility index (Phi) is 5.19. The number of benzene rings is 2. The summed E-state index contributed by atoms with van der Waals surface area (Å²) in [6.07, 6.45) is 4.12. The van der Waals surface area contributed by atoms with Crippen molar-refractivity contribution in [3.8, 4) is 0 Å². The van der Waals surface area contributed by atoms with Gasteiger partial charge in [0.15, 0.2) is 0 Å². The Morgan fingerprint density at radius 1 is 1.00 bits per heavy atom. The van der Waals surface area contributed by atoms with E-state index in [2.05, 4.69) is 27.5 Å². The molecule has 0 atom stereocenters. The van der Waals surface area contributed by atoms with E-state index in [4.69, 9.17) is 0 Å². The van der Waals surface area contributed by atoms with Gasteiger partial charge < -0.3 is 9.47 Å². The third-order valence-corrected chi connectivity index (χ3v) is 6.56. The van der Waals surface area contributed by atoms with Crippen LogP contribution in [0.15, 0.2) is 65.7 Å². The number of nitrogens with one attached hydrogen (secondary N) is 1. The molecule has 1 aliphatic rings. The van der Waals surface area contributed by atoms with Crippen molar-refractivity contribution < 1.29 is 13.2 Å². The molecule has 0 aliphatic carbocycles. The van der Waals surface area contributed by atoms with Crippen LogP contribution in [0, 0.1) is 0 Å². The van der Waals surface area contributed by atoms with E-state index in [-0.39, 0.29) is 10.8 Å². The Labute approximate surface area is 164 Å². The van der Waals surface area contributed by atoms with Crippen LogP contribution < -0.4 is 9.62 Å². The number of hydrogen-bond donors (Lipinski definition) is 1. The molecule has 1 fully saturated rings. The lowest BCUT2D eigenvalue weighted by molar-refractivity contribution is -0.117. The lowest BCUT2D eigenvalue weighted by Gasteiger charge is -2.16. The van der Waals surface area contributed by atoms with Gasteiger partial charge in [-0.05, 0) is 54.6 Å². The van der Waals surface area contributed by atoms with Crippen LogP contribution >= 0.6 is 0 Å². The highest BCUT2D eigenvalue weighted by molar-refractivity contribution is 7.89. The maximum absolute atomic E-state index is 12.5. The summed E-state index contributed by atoms with van der Waals surface area (Å²) in [7, 11) is -3.56. The van der Waals surface area contributed by atoms with E-state index in [0.717, 1.165) is 24.2 Å². The van der Waals surface area contributed by atoms with Crippen molar-refractivity contribution in [1.82, 2.24) is 9.29 Å². The van der Waals surface area contributed by atoms with Gasteiger partial charge in [-0.3, -0.25) is 4.79 Å². The zero-order chi connectivity index (χ0) is 19.6. The maximum Gasteiger partial charge on any atom is 0.240 e. The number of sulfonamides is 1. The number of carbonyl (C=O) groups excluding carboxylic acids is 1. The molecule has 0 radical (unpaired) electrons. The van der Waals surface area contributed by atoms with Crippen molar-refractivity contribution in [2.24, 2.45) is 0 Å². The molecule has 1 saturated heterocycles. The van der Waals surface area contributed by atoms with Crippen molar-refractivity contribution in [3.05, 3.63) is 60.8 Å². The predicted molar refractivity (Wildman–Crippen MR) is 110 cm³/mol. The van der Waals surface area contributed by atoms with Crippen LogP contribution in [-0.2, 0) is 21.4 Å². The van der Waals surface area contributed by atoms with Gasteiger partial charge in [0.1, 0.15) is 0 Å². The van der Waals surface area contributed by atoms with Gasteiger partial charge in [-0.2, -0.15) is 0 Å². The Balaban J connectivity index is 1.34. The number of aryl methyl sites for hydroxylation is 1. The Morgan fingerprint density at radius 3 is 2.54 bits per heavy atom. The fraction of sp³-hybridized carbons (Fsp3) is 0.286. The minimum atomic E-state index is -3.56. The molecule has 1 aromatic heterocycles. The van der Waals surface area contributed by atoms with Crippen LogP contribution in [-0.4, -0.2) is 32.0 Å². The standard InChI is InChI=1S/C21H23N3O3S/c25-21-7-3-15-24(21)18-8-10-19(11-9-18)28(26,27)22-13-4-14-23-16-12-17-5-1-2-6-20(17)23/h1-2,5-6,8-12,16,22H,3-4,7,13-15H2. The molecule has 1 N–H and O–H groups in total. The third-order valence-electron chi connectivity index (χ3n) is 5.08. The van der Waals surface area contributed by atoms with Crippen LogP contribution in [0.2, 0.25) is 0 Å². The lowest BCUT2D eigenvalue weighted by Crippen LogP contribution is -2.26. The number of para-hydroxylation sites is 1. The van der Waals surface area contributed by atoms with E-state index >= 15 is 0 Å².